The van der Waals surface area contributed by atoms with Crippen LogP contribution in [0, 0.1) is 19.7 Å². The molecule has 29 heavy (non-hydrogen) atoms. The van der Waals surface area contributed by atoms with Crippen molar-refractivity contribution in [3.05, 3.63) is 64.7 Å². The van der Waals surface area contributed by atoms with Crippen molar-refractivity contribution >= 4 is 16.7 Å². The minimum atomic E-state index is -0.209. The Hall–Kier alpha value is -2.75. The molecule has 0 saturated carbocycles. The van der Waals surface area contributed by atoms with Crippen molar-refractivity contribution < 1.29 is 13.9 Å². The fraction of sp³-hybridized carbons (Fsp3) is 0.360. The number of carbonyl (C=O) groups excluding carboxylic acids is 1. The SMILES string of the molecule is CCOC(=O)CCc1nc(C(C)C)c(-c2ccc(F)c(C)c2)c2ccc(C)cc12. The molecule has 0 N–H and O–H groups in total. The number of fused-ring (bicyclic) bond motifs is 1. The number of rotatable bonds is 6. The van der Waals surface area contributed by atoms with Gasteiger partial charge in [0.1, 0.15) is 5.82 Å². The minimum Gasteiger partial charge on any atom is -0.466 e. The van der Waals surface area contributed by atoms with Gasteiger partial charge in [-0.2, -0.15) is 0 Å². The molecule has 152 valence electrons. The first-order chi connectivity index (χ1) is 13.8. The number of aromatic nitrogens is 1. The van der Waals surface area contributed by atoms with Crippen molar-refractivity contribution in [3.8, 4) is 11.1 Å². The standard InChI is InChI=1S/C25H28FNO2/c1-6-29-23(28)12-11-22-20-13-16(4)7-9-19(20)24(25(27-22)15(2)3)18-8-10-21(26)17(5)14-18/h7-10,13-15H,6,11-12H2,1-5H3. The average Bonchev–Trinajstić information content (AvgIpc) is 2.68. The molecule has 0 amide bonds. The Bertz CT molecular complexity index is 1060. The van der Waals surface area contributed by atoms with E-state index >= 15 is 0 Å². The molecule has 2 aromatic carbocycles. The molecule has 0 saturated heterocycles. The summed E-state index contributed by atoms with van der Waals surface area (Å²) < 4.78 is 19.0. The topological polar surface area (TPSA) is 39.2 Å². The summed E-state index contributed by atoms with van der Waals surface area (Å²) in [5.74, 6) is -0.235. The number of esters is 1. The van der Waals surface area contributed by atoms with Gasteiger partial charge in [0.2, 0.25) is 0 Å². The van der Waals surface area contributed by atoms with E-state index in [-0.39, 0.29) is 17.7 Å². The summed E-state index contributed by atoms with van der Waals surface area (Å²) in [5.41, 5.74) is 5.62. The van der Waals surface area contributed by atoms with Gasteiger partial charge in [0, 0.05) is 23.1 Å². The van der Waals surface area contributed by atoms with Crippen LogP contribution < -0.4 is 0 Å². The molecule has 1 aromatic heterocycles. The van der Waals surface area contributed by atoms with Crippen LogP contribution in [0.25, 0.3) is 21.9 Å². The lowest BCUT2D eigenvalue weighted by Gasteiger charge is -2.19. The van der Waals surface area contributed by atoms with Gasteiger partial charge in [0.25, 0.3) is 0 Å². The molecule has 4 heteroatoms. The molecule has 0 aliphatic carbocycles. The Morgan fingerprint density at radius 1 is 1.10 bits per heavy atom. The molecular formula is C25H28FNO2. The maximum absolute atomic E-state index is 13.9. The van der Waals surface area contributed by atoms with E-state index < -0.39 is 0 Å². The van der Waals surface area contributed by atoms with Gasteiger partial charge in [-0.15, -0.1) is 0 Å². The maximum atomic E-state index is 13.9. The van der Waals surface area contributed by atoms with E-state index in [0.717, 1.165) is 38.9 Å². The second-order valence-electron chi connectivity index (χ2n) is 7.79. The number of pyridine rings is 1. The lowest BCUT2D eigenvalue weighted by Crippen LogP contribution is -2.08. The second kappa shape index (κ2) is 8.73. The Labute approximate surface area is 171 Å². The molecule has 0 unspecified atom stereocenters. The number of benzene rings is 2. The molecule has 0 spiro atoms. The van der Waals surface area contributed by atoms with Gasteiger partial charge < -0.3 is 4.74 Å². The summed E-state index contributed by atoms with van der Waals surface area (Å²) in [6.07, 6.45) is 0.831. The van der Waals surface area contributed by atoms with E-state index in [1.54, 1.807) is 6.92 Å². The van der Waals surface area contributed by atoms with Crippen LogP contribution in [-0.4, -0.2) is 17.6 Å². The molecule has 3 aromatic rings. The predicted molar refractivity (Wildman–Crippen MR) is 116 cm³/mol. The zero-order chi connectivity index (χ0) is 21.1. The molecule has 0 atom stereocenters. The zero-order valence-corrected chi connectivity index (χ0v) is 17.8. The molecule has 0 aliphatic heterocycles. The fourth-order valence-electron chi connectivity index (χ4n) is 3.68. The van der Waals surface area contributed by atoms with E-state index in [9.17, 15) is 9.18 Å². The van der Waals surface area contributed by atoms with Gasteiger partial charge in [-0.25, -0.2) is 4.39 Å². The van der Waals surface area contributed by atoms with Gasteiger partial charge in [-0.3, -0.25) is 9.78 Å². The maximum Gasteiger partial charge on any atom is 0.306 e. The largest absolute Gasteiger partial charge is 0.466 e. The van der Waals surface area contributed by atoms with E-state index in [2.05, 4.69) is 32.0 Å². The normalized spacial score (nSPS) is 11.3. The first-order valence-corrected chi connectivity index (χ1v) is 10.2. The highest BCUT2D eigenvalue weighted by Gasteiger charge is 2.19. The third-order valence-electron chi connectivity index (χ3n) is 5.13. The van der Waals surface area contributed by atoms with Crippen molar-refractivity contribution in [1.82, 2.24) is 4.98 Å². The third kappa shape index (κ3) is 4.47. The number of halogens is 1. The number of hydrogen-bond donors (Lipinski definition) is 0. The summed E-state index contributed by atoms with van der Waals surface area (Å²) in [6.45, 7) is 10.2. The smallest absolute Gasteiger partial charge is 0.306 e. The van der Waals surface area contributed by atoms with Crippen LogP contribution >= 0.6 is 0 Å². The van der Waals surface area contributed by atoms with E-state index in [4.69, 9.17) is 9.72 Å². The highest BCUT2D eigenvalue weighted by atomic mass is 19.1. The van der Waals surface area contributed by atoms with E-state index in [1.165, 1.54) is 6.07 Å². The van der Waals surface area contributed by atoms with E-state index in [1.807, 2.05) is 26.0 Å². The lowest BCUT2D eigenvalue weighted by molar-refractivity contribution is -0.143. The van der Waals surface area contributed by atoms with E-state index in [0.29, 0.717) is 25.0 Å². The molecule has 3 nitrogen and oxygen atoms in total. The Morgan fingerprint density at radius 2 is 1.86 bits per heavy atom. The van der Waals surface area contributed by atoms with Gasteiger partial charge in [-0.1, -0.05) is 37.6 Å². The quantitative estimate of drug-likeness (QED) is 0.463. The van der Waals surface area contributed by atoms with Gasteiger partial charge in [0.05, 0.1) is 18.7 Å². The number of ether oxygens (including phenoxy) is 1. The van der Waals surface area contributed by atoms with Crippen LogP contribution in [0.5, 0.6) is 0 Å². The van der Waals surface area contributed by atoms with Crippen molar-refractivity contribution in [3.63, 3.8) is 0 Å². The van der Waals surface area contributed by atoms with Crippen LogP contribution in [-0.2, 0) is 16.0 Å². The third-order valence-corrected chi connectivity index (χ3v) is 5.13. The highest BCUT2D eigenvalue weighted by molar-refractivity contribution is 5.99. The van der Waals surface area contributed by atoms with Crippen LogP contribution in [0.15, 0.2) is 36.4 Å². The Balaban J connectivity index is 2.23. The molecule has 0 bridgehead atoms. The lowest BCUT2D eigenvalue weighted by atomic mass is 9.90. The van der Waals surface area contributed by atoms with Crippen molar-refractivity contribution in [2.75, 3.05) is 6.61 Å². The predicted octanol–water partition coefficient (Wildman–Crippen LogP) is 6.28. The molecule has 3 rings (SSSR count). The number of carbonyl (C=O) groups is 1. The number of aryl methyl sites for hydroxylation is 3. The zero-order valence-electron chi connectivity index (χ0n) is 17.8. The first kappa shape index (κ1) is 21.0. The monoisotopic (exact) mass is 393 g/mol. The van der Waals surface area contributed by atoms with Crippen molar-refractivity contribution in [2.24, 2.45) is 0 Å². The van der Waals surface area contributed by atoms with Crippen LogP contribution in [0.4, 0.5) is 4.39 Å². The van der Waals surface area contributed by atoms with Crippen LogP contribution in [0.2, 0.25) is 0 Å². The second-order valence-corrected chi connectivity index (χ2v) is 7.79. The molecule has 0 fully saturated rings. The molecule has 1 heterocycles. The average molecular weight is 394 g/mol. The minimum absolute atomic E-state index is 0.183. The van der Waals surface area contributed by atoms with Crippen LogP contribution in [0.3, 0.4) is 0 Å². The summed E-state index contributed by atoms with van der Waals surface area (Å²) >= 11 is 0. The summed E-state index contributed by atoms with van der Waals surface area (Å²) in [7, 11) is 0. The summed E-state index contributed by atoms with van der Waals surface area (Å²) in [5, 5.41) is 2.12. The number of hydrogen-bond acceptors (Lipinski definition) is 3. The van der Waals surface area contributed by atoms with Crippen molar-refractivity contribution in [1.29, 1.82) is 0 Å². The molecule has 0 radical (unpaired) electrons. The van der Waals surface area contributed by atoms with Gasteiger partial charge in [-0.05, 0) is 61.4 Å². The first-order valence-electron chi connectivity index (χ1n) is 10.2. The summed E-state index contributed by atoms with van der Waals surface area (Å²) in [4.78, 5) is 16.9. The Kier molecular flexibility index (Phi) is 6.31. The fourth-order valence-corrected chi connectivity index (χ4v) is 3.68. The highest BCUT2D eigenvalue weighted by Crippen LogP contribution is 2.37. The Morgan fingerprint density at radius 3 is 2.52 bits per heavy atom. The molecular weight excluding hydrogens is 365 g/mol. The van der Waals surface area contributed by atoms with Crippen LogP contribution in [0.1, 0.15) is 55.6 Å². The number of nitrogens with zero attached hydrogens (tertiary/aromatic N) is 1. The molecule has 0 aliphatic rings. The summed E-state index contributed by atoms with van der Waals surface area (Å²) in [6, 6.07) is 11.5. The van der Waals surface area contributed by atoms with Gasteiger partial charge >= 0.3 is 5.97 Å². The van der Waals surface area contributed by atoms with Gasteiger partial charge in [0.15, 0.2) is 0 Å². The van der Waals surface area contributed by atoms with Crippen molar-refractivity contribution in [2.45, 2.75) is 53.4 Å².